The van der Waals surface area contributed by atoms with Gasteiger partial charge in [0.05, 0.1) is 5.60 Å². The van der Waals surface area contributed by atoms with Gasteiger partial charge < -0.3 is 20.5 Å². The van der Waals surface area contributed by atoms with Crippen LogP contribution in [0.1, 0.15) is 19.4 Å². The van der Waals surface area contributed by atoms with Crippen molar-refractivity contribution in [1.29, 1.82) is 0 Å². The molecule has 0 fully saturated rings. The van der Waals surface area contributed by atoms with E-state index in [4.69, 9.17) is 4.74 Å². The molecule has 21 heavy (non-hydrogen) atoms. The molecule has 0 aliphatic carbocycles. The molecular formula is C15H22N2O4. The Labute approximate surface area is 124 Å². The van der Waals surface area contributed by atoms with Gasteiger partial charge in [0.2, 0.25) is 0 Å². The Hall–Kier alpha value is -2.08. The molecule has 1 atom stereocenters. The second kappa shape index (κ2) is 7.64. The van der Waals surface area contributed by atoms with Crippen LogP contribution in [0.4, 0.5) is 4.79 Å². The number of carboxylic acid groups (broad SMARTS) is 1. The number of carbonyl (C=O) groups is 2. The summed E-state index contributed by atoms with van der Waals surface area (Å²) in [6.07, 6.45) is 0.233. The first-order valence-electron chi connectivity index (χ1n) is 6.70. The molecular weight excluding hydrogens is 272 g/mol. The highest BCUT2D eigenvalue weighted by molar-refractivity contribution is 5.82. The van der Waals surface area contributed by atoms with E-state index in [0.717, 1.165) is 5.56 Å². The number of amides is 2. The fraction of sp³-hybridized carbons (Fsp3) is 0.467. The van der Waals surface area contributed by atoms with Gasteiger partial charge in [-0.15, -0.1) is 0 Å². The van der Waals surface area contributed by atoms with Gasteiger partial charge in [0.25, 0.3) is 0 Å². The molecule has 0 saturated heterocycles. The number of nitrogens with one attached hydrogen (secondary N) is 2. The maximum absolute atomic E-state index is 11.8. The van der Waals surface area contributed by atoms with Crippen molar-refractivity contribution < 1.29 is 19.4 Å². The molecule has 0 heterocycles. The SMILES string of the molecule is COC(C)(C)CNC(=O)N[C@@H](Cc1ccccc1)C(=O)O. The largest absolute Gasteiger partial charge is 0.480 e. The van der Waals surface area contributed by atoms with Crippen LogP contribution >= 0.6 is 0 Å². The maximum atomic E-state index is 11.8. The molecule has 0 bridgehead atoms. The van der Waals surface area contributed by atoms with Gasteiger partial charge in [-0.3, -0.25) is 0 Å². The molecule has 6 nitrogen and oxygen atoms in total. The van der Waals surface area contributed by atoms with E-state index in [1.807, 2.05) is 44.2 Å². The lowest BCUT2D eigenvalue weighted by molar-refractivity contribution is -0.139. The maximum Gasteiger partial charge on any atom is 0.326 e. The van der Waals surface area contributed by atoms with E-state index < -0.39 is 23.6 Å². The van der Waals surface area contributed by atoms with Crippen LogP contribution in [0.25, 0.3) is 0 Å². The molecule has 1 rings (SSSR count). The lowest BCUT2D eigenvalue weighted by Gasteiger charge is -2.24. The molecule has 6 heteroatoms. The molecule has 116 valence electrons. The van der Waals surface area contributed by atoms with Crippen molar-refractivity contribution in [2.75, 3.05) is 13.7 Å². The number of methoxy groups -OCH3 is 1. The molecule has 0 aromatic heterocycles. The van der Waals surface area contributed by atoms with E-state index in [-0.39, 0.29) is 13.0 Å². The van der Waals surface area contributed by atoms with Crippen molar-refractivity contribution >= 4 is 12.0 Å². The first-order valence-corrected chi connectivity index (χ1v) is 6.70. The van der Waals surface area contributed by atoms with Crippen LogP contribution in [0.3, 0.4) is 0 Å². The summed E-state index contributed by atoms with van der Waals surface area (Å²) in [5.41, 5.74) is 0.345. The van der Waals surface area contributed by atoms with Crippen LogP contribution in [0.5, 0.6) is 0 Å². The molecule has 0 saturated carbocycles. The van der Waals surface area contributed by atoms with Crippen LogP contribution in [-0.4, -0.2) is 42.4 Å². The average Bonchev–Trinajstić information content (AvgIpc) is 2.45. The standard InChI is InChI=1S/C15H22N2O4/c1-15(2,21-3)10-16-14(20)17-12(13(18)19)9-11-7-5-4-6-8-11/h4-8,12H,9-10H2,1-3H3,(H,18,19)(H2,16,17,20)/t12-/m0/s1. The van der Waals surface area contributed by atoms with Crippen LogP contribution in [-0.2, 0) is 16.0 Å². The Bertz CT molecular complexity index is 474. The van der Waals surface area contributed by atoms with E-state index in [9.17, 15) is 14.7 Å². The monoisotopic (exact) mass is 294 g/mol. The van der Waals surface area contributed by atoms with Gasteiger partial charge in [0, 0.05) is 20.1 Å². The number of rotatable bonds is 7. The van der Waals surface area contributed by atoms with Crippen molar-refractivity contribution in [2.45, 2.75) is 31.9 Å². The summed E-state index contributed by atoms with van der Waals surface area (Å²) in [4.78, 5) is 23.0. The molecule has 1 aromatic carbocycles. The summed E-state index contributed by atoms with van der Waals surface area (Å²) in [7, 11) is 1.55. The van der Waals surface area contributed by atoms with Crippen LogP contribution < -0.4 is 10.6 Å². The summed E-state index contributed by atoms with van der Waals surface area (Å²) in [5.74, 6) is -1.07. The zero-order valence-electron chi connectivity index (χ0n) is 12.6. The third-order valence-electron chi connectivity index (χ3n) is 3.11. The highest BCUT2D eigenvalue weighted by atomic mass is 16.5. The third-order valence-corrected chi connectivity index (χ3v) is 3.11. The highest BCUT2D eigenvalue weighted by Crippen LogP contribution is 2.05. The number of urea groups is 1. The molecule has 1 aromatic rings. The number of carboxylic acids is 1. The Kier molecular flexibility index (Phi) is 6.17. The minimum Gasteiger partial charge on any atom is -0.480 e. The predicted octanol–water partition coefficient (Wildman–Crippen LogP) is 1.41. The molecule has 0 aliphatic heterocycles. The van der Waals surface area contributed by atoms with Crippen molar-refractivity contribution in [2.24, 2.45) is 0 Å². The summed E-state index contributed by atoms with van der Waals surface area (Å²) in [5, 5.41) is 14.3. The first-order chi connectivity index (χ1) is 9.84. The Morgan fingerprint density at radius 3 is 2.43 bits per heavy atom. The summed E-state index contributed by atoms with van der Waals surface area (Å²) in [6.45, 7) is 3.94. The number of benzene rings is 1. The van der Waals surface area contributed by atoms with Gasteiger partial charge in [0.1, 0.15) is 6.04 Å². The molecule has 0 aliphatic rings. The predicted molar refractivity (Wildman–Crippen MR) is 79.2 cm³/mol. The number of carbonyl (C=O) groups excluding carboxylic acids is 1. The van der Waals surface area contributed by atoms with Crippen LogP contribution in [0, 0.1) is 0 Å². The van der Waals surface area contributed by atoms with Crippen LogP contribution in [0.15, 0.2) is 30.3 Å². The smallest absolute Gasteiger partial charge is 0.326 e. The molecule has 3 N–H and O–H groups in total. The summed E-state index contributed by atoms with van der Waals surface area (Å²) in [6, 6.07) is 7.66. The van der Waals surface area contributed by atoms with Gasteiger partial charge in [0.15, 0.2) is 0 Å². The first kappa shape index (κ1) is 17.0. The van der Waals surface area contributed by atoms with E-state index in [1.54, 1.807) is 7.11 Å². The van der Waals surface area contributed by atoms with Crippen molar-refractivity contribution in [3.63, 3.8) is 0 Å². The van der Waals surface area contributed by atoms with Crippen molar-refractivity contribution in [3.8, 4) is 0 Å². The topological polar surface area (TPSA) is 87.7 Å². The number of ether oxygens (including phenoxy) is 1. The van der Waals surface area contributed by atoms with Gasteiger partial charge in [-0.05, 0) is 19.4 Å². The highest BCUT2D eigenvalue weighted by Gasteiger charge is 2.22. The second-order valence-electron chi connectivity index (χ2n) is 5.37. The van der Waals surface area contributed by atoms with E-state index in [0.29, 0.717) is 0 Å². The fourth-order valence-electron chi connectivity index (χ4n) is 1.62. The van der Waals surface area contributed by atoms with Gasteiger partial charge in [-0.1, -0.05) is 30.3 Å². The molecule has 0 spiro atoms. The normalized spacial score (nSPS) is 12.5. The molecule has 0 radical (unpaired) electrons. The number of hydrogen-bond donors (Lipinski definition) is 3. The summed E-state index contributed by atoms with van der Waals surface area (Å²) >= 11 is 0. The fourth-order valence-corrected chi connectivity index (χ4v) is 1.62. The Morgan fingerprint density at radius 2 is 1.90 bits per heavy atom. The second-order valence-corrected chi connectivity index (χ2v) is 5.37. The van der Waals surface area contributed by atoms with Crippen molar-refractivity contribution in [3.05, 3.63) is 35.9 Å². The van der Waals surface area contributed by atoms with Crippen LogP contribution in [0.2, 0.25) is 0 Å². The molecule has 2 amide bonds. The summed E-state index contributed by atoms with van der Waals surface area (Å²) < 4.78 is 5.18. The molecule has 0 unspecified atom stereocenters. The third kappa shape index (κ3) is 6.27. The van der Waals surface area contributed by atoms with E-state index in [2.05, 4.69) is 10.6 Å². The lowest BCUT2D eigenvalue weighted by atomic mass is 10.1. The van der Waals surface area contributed by atoms with Gasteiger partial charge in [-0.2, -0.15) is 0 Å². The van der Waals surface area contributed by atoms with E-state index in [1.165, 1.54) is 0 Å². The minimum absolute atomic E-state index is 0.233. The average molecular weight is 294 g/mol. The lowest BCUT2D eigenvalue weighted by Crippen LogP contribution is -2.50. The zero-order chi connectivity index (χ0) is 15.9. The Morgan fingerprint density at radius 1 is 1.29 bits per heavy atom. The van der Waals surface area contributed by atoms with Gasteiger partial charge in [-0.25, -0.2) is 9.59 Å². The number of hydrogen-bond acceptors (Lipinski definition) is 3. The minimum atomic E-state index is -1.07. The van der Waals surface area contributed by atoms with E-state index >= 15 is 0 Å². The Balaban J connectivity index is 2.55. The zero-order valence-corrected chi connectivity index (χ0v) is 12.6. The quantitative estimate of drug-likeness (QED) is 0.709. The van der Waals surface area contributed by atoms with Gasteiger partial charge >= 0.3 is 12.0 Å². The number of aliphatic carboxylic acids is 1. The van der Waals surface area contributed by atoms with Crippen molar-refractivity contribution in [1.82, 2.24) is 10.6 Å².